The van der Waals surface area contributed by atoms with Crippen molar-refractivity contribution >= 4 is 18.6 Å². The lowest BCUT2D eigenvalue weighted by atomic mass is 11.0. The third-order valence-electron chi connectivity index (χ3n) is 0.511. The van der Waals surface area contributed by atoms with Crippen molar-refractivity contribution in [1.82, 2.24) is 0 Å². The predicted octanol–water partition coefficient (Wildman–Crippen LogP) is -0.0197. The van der Waals surface area contributed by atoms with E-state index in [4.69, 9.17) is 5.73 Å². The maximum absolute atomic E-state index is 5.07. The van der Waals surface area contributed by atoms with Gasteiger partial charge in [0.15, 0.2) is 0 Å². The molecule has 1 aliphatic rings. The van der Waals surface area contributed by atoms with Gasteiger partial charge in [0, 0.05) is 0 Å². The van der Waals surface area contributed by atoms with Crippen LogP contribution in [0, 0.1) is 0 Å². The first kappa shape index (κ1) is 4.58. The molecule has 38 valence electrons. The summed E-state index contributed by atoms with van der Waals surface area (Å²) in [4.78, 5) is 3.61. The Bertz CT molecular complexity index is 128. The molecule has 0 saturated heterocycles. The van der Waals surface area contributed by atoms with Crippen LogP contribution in [0.1, 0.15) is 0 Å². The minimum atomic E-state index is -0.361. The van der Waals surface area contributed by atoms with Crippen LogP contribution in [0.4, 0.5) is 0 Å². The number of nitrogens with zero attached hydrogens (tertiary/aromatic N) is 3. The van der Waals surface area contributed by atoms with Gasteiger partial charge in [0.2, 0.25) is 11.5 Å². The number of nitrogens with two attached hydrogens (primary N) is 1. The van der Waals surface area contributed by atoms with E-state index in [2.05, 4.69) is 27.8 Å². The standard InChI is InChI=1S/C2H4N4S/c3-1-4-2(7)6-5-1/h2,7H,(H2,3,4). The van der Waals surface area contributed by atoms with E-state index in [1.165, 1.54) is 0 Å². The molecule has 1 aliphatic heterocycles. The number of hydrogen-bond acceptors (Lipinski definition) is 5. The normalized spacial score (nSPS) is 28.1. The molecule has 0 aromatic carbocycles. The fraction of sp³-hybridized carbons (Fsp3) is 0.500. The Kier molecular flexibility index (Phi) is 0.976. The van der Waals surface area contributed by atoms with Crippen molar-refractivity contribution in [2.75, 3.05) is 0 Å². The number of hydrogen-bond donors (Lipinski definition) is 2. The Labute approximate surface area is 45.9 Å². The van der Waals surface area contributed by atoms with Crippen molar-refractivity contribution in [2.45, 2.75) is 5.50 Å². The van der Waals surface area contributed by atoms with Gasteiger partial charge in [-0.05, 0) is 0 Å². The highest BCUT2D eigenvalue weighted by molar-refractivity contribution is 7.80. The molecule has 0 spiro atoms. The summed E-state index contributed by atoms with van der Waals surface area (Å²) < 4.78 is 0. The number of thiol groups is 1. The number of guanidine groups is 1. The monoisotopic (exact) mass is 116 g/mol. The zero-order valence-corrected chi connectivity index (χ0v) is 4.34. The van der Waals surface area contributed by atoms with E-state index in [1.807, 2.05) is 0 Å². The SMILES string of the molecule is NC1=NC(S)N=N1. The van der Waals surface area contributed by atoms with E-state index in [1.54, 1.807) is 0 Å². The molecule has 7 heavy (non-hydrogen) atoms. The maximum atomic E-state index is 5.07. The average molecular weight is 116 g/mol. The van der Waals surface area contributed by atoms with Crippen molar-refractivity contribution < 1.29 is 0 Å². The van der Waals surface area contributed by atoms with Gasteiger partial charge in [0.05, 0.1) is 0 Å². The summed E-state index contributed by atoms with van der Waals surface area (Å²) in [6.07, 6.45) is 0. The summed E-state index contributed by atoms with van der Waals surface area (Å²) in [7, 11) is 0. The van der Waals surface area contributed by atoms with Crippen LogP contribution in [-0.2, 0) is 0 Å². The van der Waals surface area contributed by atoms with Gasteiger partial charge in [-0.1, -0.05) is 0 Å². The van der Waals surface area contributed by atoms with Crippen molar-refractivity contribution in [1.29, 1.82) is 0 Å². The highest BCUT2D eigenvalue weighted by atomic mass is 32.1. The summed E-state index contributed by atoms with van der Waals surface area (Å²) in [6, 6.07) is 0. The molecule has 4 nitrogen and oxygen atoms in total. The van der Waals surface area contributed by atoms with E-state index in [-0.39, 0.29) is 11.5 Å². The van der Waals surface area contributed by atoms with Crippen LogP contribution >= 0.6 is 12.6 Å². The van der Waals surface area contributed by atoms with Crippen molar-refractivity contribution in [2.24, 2.45) is 21.0 Å². The number of aliphatic imine (C=N–C) groups is 1. The van der Waals surface area contributed by atoms with Crippen LogP contribution in [0.3, 0.4) is 0 Å². The quantitative estimate of drug-likeness (QED) is 0.429. The highest BCUT2D eigenvalue weighted by Gasteiger charge is 2.03. The molecule has 0 saturated carbocycles. The predicted molar refractivity (Wildman–Crippen MR) is 29.3 cm³/mol. The summed E-state index contributed by atoms with van der Waals surface area (Å²) in [6.45, 7) is 0. The van der Waals surface area contributed by atoms with Crippen LogP contribution in [0.25, 0.3) is 0 Å². The van der Waals surface area contributed by atoms with E-state index in [0.29, 0.717) is 0 Å². The van der Waals surface area contributed by atoms with Crippen molar-refractivity contribution in [3.63, 3.8) is 0 Å². The molecule has 1 unspecified atom stereocenters. The molecule has 0 aromatic rings. The van der Waals surface area contributed by atoms with E-state index in [9.17, 15) is 0 Å². The first-order valence-electron chi connectivity index (χ1n) is 1.71. The second-order valence-electron chi connectivity index (χ2n) is 1.05. The molecule has 0 bridgehead atoms. The molecule has 5 heteroatoms. The van der Waals surface area contributed by atoms with Crippen LogP contribution < -0.4 is 5.73 Å². The molecule has 1 heterocycles. The Morgan fingerprint density at radius 2 is 2.43 bits per heavy atom. The van der Waals surface area contributed by atoms with Crippen molar-refractivity contribution in [3.8, 4) is 0 Å². The Hall–Kier alpha value is -0.580. The van der Waals surface area contributed by atoms with E-state index >= 15 is 0 Å². The van der Waals surface area contributed by atoms with Gasteiger partial charge in [0.25, 0.3) is 0 Å². The van der Waals surface area contributed by atoms with Crippen LogP contribution in [0.5, 0.6) is 0 Å². The van der Waals surface area contributed by atoms with Gasteiger partial charge >= 0.3 is 0 Å². The largest absolute Gasteiger partial charge is 0.367 e. The lowest BCUT2D eigenvalue weighted by molar-refractivity contribution is 0.981. The van der Waals surface area contributed by atoms with Gasteiger partial charge in [0.1, 0.15) is 0 Å². The first-order valence-corrected chi connectivity index (χ1v) is 2.23. The third-order valence-corrected chi connectivity index (χ3v) is 0.730. The van der Waals surface area contributed by atoms with Crippen LogP contribution in [0.2, 0.25) is 0 Å². The summed E-state index contributed by atoms with van der Waals surface area (Å²) in [5.41, 5.74) is 4.70. The fourth-order valence-electron chi connectivity index (χ4n) is 0.281. The lowest BCUT2D eigenvalue weighted by Crippen LogP contribution is -2.04. The third kappa shape index (κ3) is 0.894. The van der Waals surface area contributed by atoms with Gasteiger partial charge < -0.3 is 5.73 Å². The molecular formula is C2H4N4S. The highest BCUT2D eigenvalue weighted by Crippen LogP contribution is 2.04. The Morgan fingerprint density at radius 3 is 2.57 bits per heavy atom. The average Bonchev–Trinajstić information content (AvgIpc) is 1.87. The number of azo groups is 1. The topological polar surface area (TPSA) is 63.1 Å². The van der Waals surface area contributed by atoms with Crippen LogP contribution in [-0.4, -0.2) is 11.5 Å². The van der Waals surface area contributed by atoms with E-state index in [0.717, 1.165) is 0 Å². The lowest BCUT2D eigenvalue weighted by Gasteiger charge is -1.81. The summed E-state index contributed by atoms with van der Waals surface area (Å²) in [5, 5.41) is 6.87. The minimum Gasteiger partial charge on any atom is -0.367 e. The van der Waals surface area contributed by atoms with Gasteiger partial charge in [-0.25, -0.2) is 4.99 Å². The Balaban J connectivity index is 2.69. The smallest absolute Gasteiger partial charge is 0.238 e. The zero-order valence-electron chi connectivity index (χ0n) is 3.44. The molecule has 0 aliphatic carbocycles. The van der Waals surface area contributed by atoms with Gasteiger partial charge in [-0.3, -0.25) is 0 Å². The molecule has 1 rings (SSSR count). The molecule has 0 radical (unpaired) electrons. The number of rotatable bonds is 0. The van der Waals surface area contributed by atoms with Crippen LogP contribution in [0.15, 0.2) is 15.2 Å². The second-order valence-corrected chi connectivity index (χ2v) is 1.51. The van der Waals surface area contributed by atoms with Crippen molar-refractivity contribution in [3.05, 3.63) is 0 Å². The molecule has 2 N–H and O–H groups in total. The molecule has 0 amide bonds. The molecule has 0 aromatic heterocycles. The van der Waals surface area contributed by atoms with E-state index < -0.39 is 0 Å². The molecular weight excluding hydrogens is 112 g/mol. The molecule has 0 fully saturated rings. The fourth-order valence-corrected chi connectivity index (χ4v) is 0.451. The summed E-state index contributed by atoms with van der Waals surface area (Å²) >= 11 is 3.82. The minimum absolute atomic E-state index is 0.208. The second kappa shape index (κ2) is 1.49. The Morgan fingerprint density at radius 1 is 1.71 bits per heavy atom. The van der Waals surface area contributed by atoms with Gasteiger partial charge in [-0.2, -0.15) is 0 Å². The maximum Gasteiger partial charge on any atom is 0.238 e. The van der Waals surface area contributed by atoms with Gasteiger partial charge in [-0.15, -0.1) is 22.9 Å². The zero-order chi connectivity index (χ0) is 5.28. The first-order chi connectivity index (χ1) is 3.29. The molecule has 1 atom stereocenters. The summed E-state index contributed by atoms with van der Waals surface area (Å²) in [5.74, 6) is 0.208.